The van der Waals surface area contributed by atoms with Crippen molar-refractivity contribution in [3.05, 3.63) is 65.9 Å². The topological polar surface area (TPSA) is 117 Å². The van der Waals surface area contributed by atoms with Crippen LogP contribution in [0.15, 0.2) is 49.2 Å². The highest BCUT2D eigenvalue weighted by molar-refractivity contribution is 6.08. The maximum atomic E-state index is 12.3. The quantitative estimate of drug-likeness (QED) is 0.401. The van der Waals surface area contributed by atoms with Crippen molar-refractivity contribution in [3.8, 4) is 11.5 Å². The van der Waals surface area contributed by atoms with E-state index in [-0.39, 0.29) is 5.56 Å². The number of nitrogens with zero attached hydrogens (tertiary/aromatic N) is 4. The summed E-state index contributed by atoms with van der Waals surface area (Å²) in [6.45, 7) is 7.43. The smallest absolute Gasteiger partial charge is 0.252 e. The Morgan fingerprint density at radius 1 is 1.09 bits per heavy atom. The number of carbonyl (C=O) groups excluding carboxylic acids is 1. The highest BCUT2D eigenvalue weighted by Gasteiger charge is 2.18. The number of primary amides is 1. The average molecular weight is 447 g/mol. The van der Waals surface area contributed by atoms with E-state index >= 15 is 0 Å². The summed E-state index contributed by atoms with van der Waals surface area (Å²) in [5.74, 6) is 0.609. The normalized spacial score (nSPS) is 10.9. The lowest BCUT2D eigenvalue weighted by atomic mass is 10.0. The van der Waals surface area contributed by atoms with Crippen LogP contribution in [-0.2, 0) is 6.54 Å². The lowest BCUT2D eigenvalue weighted by Crippen LogP contribution is -2.14. The third kappa shape index (κ3) is 4.57. The van der Waals surface area contributed by atoms with Crippen LogP contribution in [0.4, 0.5) is 11.4 Å². The second-order valence-corrected chi connectivity index (χ2v) is 7.44. The molecule has 0 saturated heterocycles. The monoisotopic (exact) mass is 446 g/mol. The van der Waals surface area contributed by atoms with Crippen molar-refractivity contribution >= 4 is 28.2 Å². The maximum Gasteiger partial charge on any atom is 0.252 e. The molecule has 3 N–H and O–H groups in total. The fourth-order valence-electron chi connectivity index (χ4n) is 3.68. The molecule has 1 amide bonds. The predicted octanol–water partition coefficient (Wildman–Crippen LogP) is 3.82. The summed E-state index contributed by atoms with van der Waals surface area (Å²) in [5.41, 5.74) is 10.2. The van der Waals surface area contributed by atoms with Gasteiger partial charge in [-0.1, -0.05) is 12.1 Å². The van der Waals surface area contributed by atoms with Crippen LogP contribution < -0.4 is 20.5 Å². The van der Waals surface area contributed by atoms with E-state index in [4.69, 9.17) is 15.2 Å². The molecule has 170 valence electrons. The molecule has 0 fully saturated rings. The Labute approximate surface area is 191 Å². The van der Waals surface area contributed by atoms with Crippen molar-refractivity contribution in [1.29, 1.82) is 0 Å². The third-order valence-corrected chi connectivity index (χ3v) is 5.32. The molecule has 9 nitrogen and oxygen atoms in total. The van der Waals surface area contributed by atoms with Gasteiger partial charge in [0.2, 0.25) is 0 Å². The summed E-state index contributed by atoms with van der Waals surface area (Å²) in [7, 11) is 0. The minimum atomic E-state index is -0.572. The van der Waals surface area contributed by atoms with Crippen molar-refractivity contribution in [2.75, 3.05) is 18.5 Å². The number of nitrogens with one attached hydrogen (secondary N) is 1. The van der Waals surface area contributed by atoms with Crippen LogP contribution >= 0.6 is 0 Å². The van der Waals surface area contributed by atoms with Gasteiger partial charge in [0.1, 0.15) is 12.7 Å². The van der Waals surface area contributed by atoms with Crippen LogP contribution in [0, 0.1) is 6.92 Å². The molecule has 0 aliphatic heterocycles. The summed E-state index contributed by atoms with van der Waals surface area (Å²) >= 11 is 0. The Bertz CT molecular complexity index is 1290. The molecule has 0 saturated carbocycles. The molecule has 0 aliphatic rings. The zero-order chi connectivity index (χ0) is 23.4. The summed E-state index contributed by atoms with van der Waals surface area (Å²) in [4.78, 5) is 16.7. The van der Waals surface area contributed by atoms with Crippen LogP contribution in [0.1, 0.15) is 35.3 Å². The SMILES string of the molecule is CCOc1cc2ncc(C(N)=O)c(Nc3cccc(Cn4cnnc4)c3C)c2cc1OCC. The zero-order valence-corrected chi connectivity index (χ0v) is 18.8. The highest BCUT2D eigenvalue weighted by Crippen LogP contribution is 2.38. The van der Waals surface area contributed by atoms with Gasteiger partial charge in [0.15, 0.2) is 11.5 Å². The molecule has 0 bridgehead atoms. The molecular formula is C24H26N6O3. The van der Waals surface area contributed by atoms with Crippen LogP contribution in [0.25, 0.3) is 10.9 Å². The first-order valence-corrected chi connectivity index (χ1v) is 10.7. The van der Waals surface area contributed by atoms with E-state index in [1.165, 1.54) is 6.20 Å². The van der Waals surface area contributed by atoms with E-state index in [1.54, 1.807) is 12.7 Å². The van der Waals surface area contributed by atoms with Gasteiger partial charge in [-0.25, -0.2) is 0 Å². The molecule has 0 spiro atoms. The number of nitrogens with two attached hydrogens (primary N) is 1. The summed E-state index contributed by atoms with van der Waals surface area (Å²) in [6.07, 6.45) is 4.83. The number of hydrogen-bond donors (Lipinski definition) is 2. The minimum absolute atomic E-state index is 0.290. The van der Waals surface area contributed by atoms with Crippen LogP contribution in [0.5, 0.6) is 11.5 Å². The van der Waals surface area contributed by atoms with Crippen LogP contribution in [0.3, 0.4) is 0 Å². The Hall–Kier alpha value is -4.14. The minimum Gasteiger partial charge on any atom is -0.490 e. The number of aromatic nitrogens is 4. The van der Waals surface area contributed by atoms with Gasteiger partial charge >= 0.3 is 0 Å². The second-order valence-electron chi connectivity index (χ2n) is 7.44. The van der Waals surface area contributed by atoms with Crippen LogP contribution in [-0.4, -0.2) is 38.9 Å². The average Bonchev–Trinajstić information content (AvgIpc) is 3.30. The molecule has 0 radical (unpaired) electrons. The lowest BCUT2D eigenvalue weighted by molar-refractivity contribution is 0.100. The molecule has 0 atom stereocenters. The van der Waals surface area contributed by atoms with E-state index < -0.39 is 5.91 Å². The maximum absolute atomic E-state index is 12.3. The van der Waals surface area contributed by atoms with E-state index in [1.807, 2.05) is 55.7 Å². The number of benzene rings is 2. The molecule has 0 aliphatic carbocycles. The van der Waals surface area contributed by atoms with Crippen molar-refractivity contribution in [3.63, 3.8) is 0 Å². The first-order chi connectivity index (χ1) is 16.0. The van der Waals surface area contributed by atoms with Gasteiger partial charge in [0, 0.05) is 23.3 Å². The first kappa shape index (κ1) is 22.1. The Morgan fingerprint density at radius 2 is 1.79 bits per heavy atom. The van der Waals surface area contributed by atoms with Crippen molar-refractivity contribution in [2.45, 2.75) is 27.3 Å². The van der Waals surface area contributed by atoms with Gasteiger partial charge in [0.25, 0.3) is 5.91 Å². The molecule has 0 unspecified atom stereocenters. The Morgan fingerprint density at radius 3 is 2.45 bits per heavy atom. The van der Waals surface area contributed by atoms with E-state index in [0.717, 1.165) is 16.8 Å². The van der Waals surface area contributed by atoms with E-state index in [2.05, 4.69) is 20.5 Å². The zero-order valence-electron chi connectivity index (χ0n) is 18.8. The Kier molecular flexibility index (Phi) is 6.39. The lowest BCUT2D eigenvalue weighted by Gasteiger charge is -2.18. The van der Waals surface area contributed by atoms with Crippen molar-refractivity contribution < 1.29 is 14.3 Å². The fraction of sp³-hybridized carbons (Fsp3) is 0.250. The number of amides is 1. The predicted molar refractivity (Wildman–Crippen MR) is 126 cm³/mol. The molecule has 2 heterocycles. The van der Waals surface area contributed by atoms with Gasteiger partial charge < -0.3 is 25.1 Å². The van der Waals surface area contributed by atoms with E-state index in [9.17, 15) is 4.79 Å². The molecule has 2 aromatic heterocycles. The largest absolute Gasteiger partial charge is 0.490 e. The molecular weight excluding hydrogens is 420 g/mol. The fourth-order valence-corrected chi connectivity index (χ4v) is 3.68. The number of hydrogen-bond acceptors (Lipinski definition) is 7. The number of carbonyl (C=O) groups is 1. The first-order valence-electron chi connectivity index (χ1n) is 10.7. The Balaban J connectivity index is 1.83. The number of anilines is 2. The number of fused-ring (bicyclic) bond motifs is 1. The van der Waals surface area contributed by atoms with Gasteiger partial charge in [-0.3, -0.25) is 9.78 Å². The summed E-state index contributed by atoms with van der Waals surface area (Å²) in [5, 5.41) is 11.9. The summed E-state index contributed by atoms with van der Waals surface area (Å²) < 4.78 is 13.4. The van der Waals surface area contributed by atoms with Gasteiger partial charge in [-0.15, -0.1) is 10.2 Å². The van der Waals surface area contributed by atoms with Gasteiger partial charge in [-0.2, -0.15) is 0 Å². The third-order valence-electron chi connectivity index (χ3n) is 5.32. The van der Waals surface area contributed by atoms with E-state index in [0.29, 0.717) is 47.8 Å². The number of rotatable bonds is 9. The van der Waals surface area contributed by atoms with Crippen LogP contribution in [0.2, 0.25) is 0 Å². The van der Waals surface area contributed by atoms with Crippen molar-refractivity contribution in [1.82, 2.24) is 19.7 Å². The molecule has 4 rings (SSSR count). The molecule has 33 heavy (non-hydrogen) atoms. The van der Waals surface area contributed by atoms with Crippen molar-refractivity contribution in [2.24, 2.45) is 5.73 Å². The van der Waals surface area contributed by atoms with Gasteiger partial charge in [-0.05, 0) is 44.0 Å². The molecule has 2 aromatic carbocycles. The number of pyridine rings is 1. The molecule has 9 heteroatoms. The summed E-state index contributed by atoms with van der Waals surface area (Å²) in [6, 6.07) is 9.61. The molecule has 4 aromatic rings. The number of ether oxygens (including phenoxy) is 2. The highest BCUT2D eigenvalue weighted by atomic mass is 16.5. The standard InChI is InChI=1S/C24H26N6O3/c1-4-32-21-9-17-20(10-22(21)33-5-2)26-11-18(24(25)31)23(17)29-19-8-6-7-16(15(19)3)12-30-13-27-28-14-30/h6-11,13-14H,4-5,12H2,1-3H3,(H2,25,31)(H,26,29). The second kappa shape index (κ2) is 9.56. The van der Waals surface area contributed by atoms with Gasteiger partial charge in [0.05, 0.1) is 36.5 Å².